The Hall–Kier alpha value is -3.19. The van der Waals surface area contributed by atoms with Crippen molar-refractivity contribution in [1.82, 2.24) is 20.2 Å². The first kappa shape index (κ1) is 19.1. The number of nitrogens with one attached hydrogen (secondary N) is 1. The third kappa shape index (κ3) is 3.86. The van der Waals surface area contributed by atoms with Gasteiger partial charge in [-0.15, -0.1) is 5.10 Å². The van der Waals surface area contributed by atoms with Crippen LogP contribution in [0.15, 0.2) is 65.8 Å². The van der Waals surface area contributed by atoms with Crippen LogP contribution in [0.25, 0.3) is 16.5 Å². The van der Waals surface area contributed by atoms with Crippen LogP contribution in [-0.4, -0.2) is 31.4 Å². The fourth-order valence-corrected chi connectivity index (χ4v) is 3.95. The number of hydrogen-bond donors (Lipinski definition) is 1. The molecule has 1 heterocycles. The van der Waals surface area contributed by atoms with E-state index in [0.29, 0.717) is 5.16 Å². The van der Waals surface area contributed by atoms with Gasteiger partial charge in [0.25, 0.3) is 0 Å². The number of aryl methyl sites for hydroxylation is 1. The van der Waals surface area contributed by atoms with E-state index in [1.165, 1.54) is 11.8 Å². The third-order valence-electron chi connectivity index (χ3n) is 4.94. The summed E-state index contributed by atoms with van der Waals surface area (Å²) in [4.78, 5) is 12.8. The maximum atomic E-state index is 12.8. The van der Waals surface area contributed by atoms with Crippen LogP contribution >= 0.6 is 11.8 Å². The van der Waals surface area contributed by atoms with Gasteiger partial charge in [0.15, 0.2) is 0 Å². The molecule has 3 aromatic carbocycles. The SMILES string of the molecule is Cc1cccc(-n2nnnc2S[C@@H](C)C(=O)Nc2cccc3ccccc23)c1C. The van der Waals surface area contributed by atoms with E-state index in [1.807, 2.05) is 68.4 Å². The molecule has 4 aromatic rings. The van der Waals surface area contributed by atoms with E-state index in [2.05, 4.69) is 33.8 Å². The van der Waals surface area contributed by atoms with Crippen LogP contribution < -0.4 is 5.32 Å². The molecule has 6 nitrogen and oxygen atoms in total. The highest BCUT2D eigenvalue weighted by Gasteiger charge is 2.20. The third-order valence-corrected chi connectivity index (χ3v) is 5.98. The number of amides is 1. The molecule has 0 aliphatic rings. The number of hydrogen-bond acceptors (Lipinski definition) is 5. The van der Waals surface area contributed by atoms with Crippen molar-refractivity contribution in [3.05, 3.63) is 71.8 Å². The summed E-state index contributed by atoms with van der Waals surface area (Å²) >= 11 is 1.33. The molecule has 0 saturated heterocycles. The number of carbonyl (C=O) groups excluding carboxylic acids is 1. The standard InChI is InChI=1S/C22H21N5OS/c1-14-8-6-13-20(15(14)2)27-22(24-25-26-27)29-16(3)21(28)23-19-12-7-10-17-9-4-5-11-18(17)19/h4-13,16H,1-3H3,(H,23,28)/t16-/m0/s1. The maximum Gasteiger partial charge on any atom is 0.237 e. The molecular formula is C22H21N5OS. The summed E-state index contributed by atoms with van der Waals surface area (Å²) in [7, 11) is 0. The largest absolute Gasteiger partial charge is 0.325 e. The normalized spacial score (nSPS) is 12.1. The molecule has 0 fully saturated rings. The van der Waals surface area contributed by atoms with E-state index < -0.39 is 0 Å². The van der Waals surface area contributed by atoms with Crippen LogP contribution in [0.5, 0.6) is 0 Å². The van der Waals surface area contributed by atoms with E-state index in [9.17, 15) is 4.79 Å². The number of carbonyl (C=O) groups is 1. The van der Waals surface area contributed by atoms with Crippen LogP contribution in [0.1, 0.15) is 18.1 Å². The Morgan fingerprint density at radius 3 is 2.66 bits per heavy atom. The number of thioether (sulfide) groups is 1. The molecule has 0 aliphatic heterocycles. The van der Waals surface area contributed by atoms with Gasteiger partial charge >= 0.3 is 0 Å². The first-order valence-corrected chi connectivity index (χ1v) is 10.2. The Morgan fingerprint density at radius 1 is 1.03 bits per heavy atom. The highest BCUT2D eigenvalue weighted by atomic mass is 32.2. The van der Waals surface area contributed by atoms with Crippen LogP contribution in [0.2, 0.25) is 0 Å². The van der Waals surface area contributed by atoms with Gasteiger partial charge in [0.05, 0.1) is 10.9 Å². The van der Waals surface area contributed by atoms with Crippen LogP contribution in [-0.2, 0) is 4.79 Å². The van der Waals surface area contributed by atoms with Crippen molar-refractivity contribution in [2.45, 2.75) is 31.2 Å². The predicted molar refractivity (Wildman–Crippen MR) is 117 cm³/mol. The summed E-state index contributed by atoms with van der Waals surface area (Å²) in [6, 6.07) is 19.9. The smallest absolute Gasteiger partial charge is 0.237 e. The molecule has 0 bridgehead atoms. The molecule has 29 heavy (non-hydrogen) atoms. The zero-order chi connectivity index (χ0) is 20.4. The number of aromatic nitrogens is 4. The Labute approximate surface area is 173 Å². The van der Waals surface area contributed by atoms with Gasteiger partial charge in [-0.25, -0.2) is 0 Å². The predicted octanol–water partition coefficient (Wildman–Crippen LogP) is 4.55. The fraction of sp³-hybridized carbons (Fsp3) is 0.182. The summed E-state index contributed by atoms with van der Waals surface area (Å²) in [6.07, 6.45) is 0. The van der Waals surface area contributed by atoms with Crippen molar-refractivity contribution in [1.29, 1.82) is 0 Å². The minimum atomic E-state index is -0.371. The summed E-state index contributed by atoms with van der Waals surface area (Å²) in [5.41, 5.74) is 3.99. The van der Waals surface area contributed by atoms with Crippen molar-refractivity contribution in [2.75, 3.05) is 5.32 Å². The van der Waals surface area contributed by atoms with E-state index >= 15 is 0 Å². The highest BCUT2D eigenvalue weighted by molar-refractivity contribution is 8.00. The average Bonchev–Trinajstić information content (AvgIpc) is 3.18. The molecule has 7 heteroatoms. The van der Waals surface area contributed by atoms with Crippen molar-refractivity contribution < 1.29 is 4.79 Å². The monoisotopic (exact) mass is 403 g/mol. The summed E-state index contributed by atoms with van der Waals surface area (Å²) in [6.45, 7) is 5.95. The Morgan fingerprint density at radius 2 is 1.79 bits per heavy atom. The average molecular weight is 404 g/mol. The van der Waals surface area contributed by atoms with Gasteiger partial charge in [-0.05, 0) is 59.8 Å². The Kier molecular flexibility index (Phi) is 5.31. The topological polar surface area (TPSA) is 72.7 Å². The van der Waals surface area contributed by atoms with Crippen molar-refractivity contribution >= 4 is 34.1 Å². The van der Waals surface area contributed by atoms with Crippen molar-refractivity contribution in [3.8, 4) is 5.69 Å². The second-order valence-electron chi connectivity index (χ2n) is 6.87. The van der Waals surface area contributed by atoms with Gasteiger partial charge in [0.2, 0.25) is 11.1 Å². The minimum absolute atomic E-state index is 0.0955. The van der Waals surface area contributed by atoms with Gasteiger partial charge < -0.3 is 5.32 Å². The lowest BCUT2D eigenvalue weighted by Crippen LogP contribution is -2.23. The van der Waals surface area contributed by atoms with Gasteiger partial charge in [0, 0.05) is 11.1 Å². The van der Waals surface area contributed by atoms with E-state index in [-0.39, 0.29) is 11.2 Å². The van der Waals surface area contributed by atoms with E-state index in [0.717, 1.165) is 33.3 Å². The van der Waals surface area contributed by atoms with Crippen molar-refractivity contribution in [3.63, 3.8) is 0 Å². The zero-order valence-corrected chi connectivity index (χ0v) is 17.3. The van der Waals surface area contributed by atoms with E-state index in [1.54, 1.807) is 4.68 Å². The fourth-order valence-electron chi connectivity index (χ4n) is 3.15. The number of anilines is 1. The lowest BCUT2D eigenvalue weighted by Gasteiger charge is -2.14. The number of benzene rings is 3. The molecule has 0 aliphatic carbocycles. The number of fused-ring (bicyclic) bond motifs is 1. The van der Waals surface area contributed by atoms with Gasteiger partial charge in [-0.3, -0.25) is 4.79 Å². The molecule has 4 rings (SSSR count). The lowest BCUT2D eigenvalue weighted by molar-refractivity contribution is -0.115. The molecule has 1 N–H and O–H groups in total. The summed E-state index contributed by atoms with van der Waals surface area (Å²) in [5, 5.41) is 17.4. The molecule has 0 spiro atoms. The molecule has 1 aromatic heterocycles. The summed E-state index contributed by atoms with van der Waals surface area (Å²) in [5.74, 6) is -0.0955. The molecule has 1 amide bonds. The maximum absolute atomic E-state index is 12.8. The van der Waals surface area contributed by atoms with Crippen molar-refractivity contribution in [2.24, 2.45) is 0 Å². The van der Waals surface area contributed by atoms with Crippen LogP contribution in [0.3, 0.4) is 0 Å². The molecule has 0 radical (unpaired) electrons. The van der Waals surface area contributed by atoms with Crippen LogP contribution in [0.4, 0.5) is 5.69 Å². The van der Waals surface area contributed by atoms with Crippen LogP contribution in [0, 0.1) is 13.8 Å². The quantitative estimate of drug-likeness (QED) is 0.495. The molecule has 146 valence electrons. The molecule has 1 atom stereocenters. The lowest BCUT2D eigenvalue weighted by atomic mass is 10.1. The second-order valence-corrected chi connectivity index (χ2v) is 8.18. The number of rotatable bonds is 5. The second kappa shape index (κ2) is 8.05. The number of nitrogens with zero attached hydrogens (tertiary/aromatic N) is 4. The number of tetrazole rings is 1. The first-order valence-electron chi connectivity index (χ1n) is 9.35. The molecule has 0 unspecified atom stereocenters. The molecule has 0 saturated carbocycles. The van der Waals surface area contributed by atoms with E-state index in [4.69, 9.17) is 0 Å². The summed E-state index contributed by atoms with van der Waals surface area (Å²) < 4.78 is 1.69. The first-order chi connectivity index (χ1) is 14.0. The minimum Gasteiger partial charge on any atom is -0.325 e. The Balaban J connectivity index is 1.54. The highest BCUT2D eigenvalue weighted by Crippen LogP contribution is 2.27. The molecular weight excluding hydrogens is 382 g/mol. The van der Waals surface area contributed by atoms with Gasteiger partial charge in [-0.1, -0.05) is 60.3 Å². The zero-order valence-electron chi connectivity index (χ0n) is 16.5. The van der Waals surface area contributed by atoms with Gasteiger partial charge in [0.1, 0.15) is 0 Å². The Bertz CT molecular complexity index is 1180. The van der Waals surface area contributed by atoms with Gasteiger partial charge in [-0.2, -0.15) is 4.68 Å².